The van der Waals surface area contributed by atoms with Crippen molar-refractivity contribution >= 4 is 27.4 Å². The Morgan fingerprint density at radius 2 is 2.11 bits per heavy atom. The fourth-order valence-corrected chi connectivity index (χ4v) is 4.31. The Labute approximate surface area is 166 Å². The third-order valence-corrected chi connectivity index (χ3v) is 5.78. The van der Waals surface area contributed by atoms with E-state index in [0.717, 1.165) is 53.4 Å². The van der Waals surface area contributed by atoms with E-state index in [0.29, 0.717) is 5.92 Å². The first-order chi connectivity index (χ1) is 13.8. The summed E-state index contributed by atoms with van der Waals surface area (Å²) in [5, 5.41) is 9.01. The number of hydrogen-bond donors (Lipinski definition) is 1. The van der Waals surface area contributed by atoms with Crippen LogP contribution in [0.5, 0.6) is 0 Å². The molecule has 4 aromatic heterocycles. The molecule has 5 rings (SSSR count). The third kappa shape index (κ3) is 3.53. The van der Waals surface area contributed by atoms with Gasteiger partial charge in [0.05, 0.1) is 11.9 Å². The number of aromatic nitrogens is 6. The highest BCUT2D eigenvalue weighted by Gasteiger charge is 2.22. The molecule has 0 amide bonds. The standard InChI is InChI=1S/C19H20N8S/c1-5-15(11-20-6-1)16-13-27-19(24-16)28-18(25-27)23-10-14-4-2-9-26(12-14)17-21-7-3-8-22-17/h1,3,5-8,11,13-14H,2,4,9-10,12H2,(H,23,25). The van der Waals surface area contributed by atoms with E-state index in [2.05, 4.69) is 35.3 Å². The average Bonchev–Trinajstić information content (AvgIpc) is 3.33. The van der Waals surface area contributed by atoms with Gasteiger partial charge in [0, 0.05) is 50.0 Å². The molecule has 0 saturated carbocycles. The lowest BCUT2D eigenvalue weighted by Gasteiger charge is -2.32. The van der Waals surface area contributed by atoms with Gasteiger partial charge in [-0.1, -0.05) is 11.3 Å². The van der Waals surface area contributed by atoms with Crippen LogP contribution in [0.3, 0.4) is 0 Å². The molecule has 0 radical (unpaired) electrons. The van der Waals surface area contributed by atoms with Crippen LogP contribution >= 0.6 is 11.3 Å². The van der Waals surface area contributed by atoms with E-state index in [1.165, 1.54) is 6.42 Å². The second kappa shape index (κ2) is 7.51. The second-order valence-corrected chi connectivity index (χ2v) is 7.84. The molecule has 8 nitrogen and oxygen atoms in total. The maximum absolute atomic E-state index is 4.66. The highest BCUT2D eigenvalue weighted by Crippen LogP contribution is 2.25. The molecule has 0 bridgehead atoms. The van der Waals surface area contributed by atoms with Gasteiger partial charge in [0.2, 0.25) is 16.0 Å². The van der Waals surface area contributed by atoms with Gasteiger partial charge >= 0.3 is 0 Å². The van der Waals surface area contributed by atoms with Gasteiger partial charge in [-0.3, -0.25) is 4.98 Å². The normalized spacial score (nSPS) is 17.1. The summed E-state index contributed by atoms with van der Waals surface area (Å²) in [6.45, 7) is 2.86. The third-order valence-electron chi connectivity index (χ3n) is 4.90. The maximum Gasteiger partial charge on any atom is 0.225 e. The number of nitrogens with one attached hydrogen (secondary N) is 1. The Morgan fingerprint density at radius 1 is 1.18 bits per heavy atom. The van der Waals surface area contributed by atoms with Crippen molar-refractivity contribution in [2.45, 2.75) is 12.8 Å². The number of hydrogen-bond acceptors (Lipinski definition) is 8. The van der Waals surface area contributed by atoms with E-state index >= 15 is 0 Å². The van der Waals surface area contributed by atoms with Gasteiger partial charge in [-0.05, 0) is 37.0 Å². The zero-order chi connectivity index (χ0) is 18.8. The summed E-state index contributed by atoms with van der Waals surface area (Å²) < 4.78 is 1.83. The van der Waals surface area contributed by atoms with Crippen molar-refractivity contribution in [1.82, 2.24) is 29.5 Å². The first-order valence-electron chi connectivity index (χ1n) is 9.37. The average molecular weight is 392 g/mol. The number of imidazole rings is 1. The Kier molecular flexibility index (Phi) is 4.58. The van der Waals surface area contributed by atoms with Crippen LogP contribution in [0, 0.1) is 5.92 Å². The predicted octanol–water partition coefficient (Wildman–Crippen LogP) is 2.97. The summed E-state index contributed by atoms with van der Waals surface area (Å²) in [7, 11) is 0. The van der Waals surface area contributed by atoms with Gasteiger partial charge in [0.15, 0.2) is 0 Å². The van der Waals surface area contributed by atoms with Gasteiger partial charge in [-0.2, -0.15) is 0 Å². The van der Waals surface area contributed by atoms with Crippen molar-refractivity contribution < 1.29 is 0 Å². The van der Waals surface area contributed by atoms with Crippen LogP contribution < -0.4 is 10.2 Å². The number of pyridine rings is 1. The molecule has 1 fully saturated rings. The quantitative estimate of drug-likeness (QED) is 0.559. The molecule has 1 saturated heterocycles. The molecular formula is C19H20N8S. The summed E-state index contributed by atoms with van der Waals surface area (Å²) in [4.78, 5) is 20.7. The van der Waals surface area contributed by atoms with E-state index < -0.39 is 0 Å². The van der Waals surface area contributed by atoms with Crippen LogP contribution in [0.25, 0.3) is 16.2 Å². The monoisotopic (exact) mass is 392 g/mol. The zero-order valence-electron chi connectivity index (χ0n) is 15.3. The van der Waals surface area contributed by atoms with Crippen molar-refractivity contribution in [2.24, 2.45) is 5.92 Å². The number of piperidine rings is 1. The predicted molar refractivity (Wildman–Crippen MR) is 110 cm³/mol. The number of fused-ring (bicyclic) bond motifs is 1. The maximum atomic E-state index is 4.66. The van der Waals surface area contributed by atoms with Crippen molar-refractivity contribution in [1.29, 1.82) is 0 Å². The Balaban J connectivity index is 1.23. The zero-order valence-corrected chi connectivity index (χ0v) is 16.1. The SMILES string of the molecule is c1cnc(N2CCCC(CNc3nn4cc(-c5cccnc5)nc4s3)C2)nc1. The topological polar surface area (TPSA) is 84.1 Å². The molecule has 1 N–H and O–H groups in total. The molecule has 4 aromatic rings. The lowest BCUT2D eigenvalue weighted by atomic mass is 9.98. The molecule has 1 unspecified atom stereocenters. The van der Waals surface area contributed by atoms with E-state index in [4.69, 9.17) is 0 Å². The first kappa shape index (κ1) is 17.1. The minimum absolute atomic E-state index is 0.541. The van der Waals surface area contributed by atoms with Crippen LogP contribution in [0.15, 0.2) is 49.2 Å². The molecule has 1 aliphatic heterocycles. The summed E-state index contributed by atoms with van der Waals surface area (Å²) in [5.41, 5.74) is 1.89. The van der Waals surface area contributed by atoms with Gasteiger partial charge in [-0.25, -0.2) is 19.5 Å². The van der Waals surface area contributed by atoms with E-state index in [1.807, 2.05) is 35.1 Å². The molecule has 5 heterocycles. The summed E-state index contributed by atoms with van der Waals surface area (Å²) in [6.07, 6.45) is 11.5. The minimum atomic E-state index is 0.541. The Bertz CT molecular complexity index is 1010. The van der Waals surface area contributed by atoms with Crippen molar-refractivity contribution in [3.05, 3.63) is 49.2 Å². The molecule has 142 valence electrons. The van der Waals surface area contributed by atoms with E-state index in [-0.39, 0.29) is 0 Å². The molecule has 28 heavy (non-hydrogen) atoms. The number of anilines is 2. The van der Waals surface area contributed by atoms with Crippen molar-refractivity contribution in [2.75, 3.05) is 29.9 Å². The van der Waals surface area contributed by atoms with Crippen LogP contribution in [0.1, 0.15) is 12.8 Å². The van der Waals surface area contributed by atoms with Gasteiger partial charge < -0.3 is 10.2 Å². The smallest absolute Gasteiger partial charge is 0.225 e. The molecular weight excluding hydrogens is 372 g/mol. The second-order valence-electron chi connectivity index (χ2n) is 6.89. The fourth-order valence-electron chi connectivity index (χ4n) is 3.52. The van der Waals surface area contributed by atoms with Gasteiger partial charge in [0.25, 0.3) is 0 Å². The Hall–Kier alpha value is -3.07. The highest BCUT2D eigenvalue weighted by molar-refractivity contribution is 7.20. The highest BCUT2D eigenvalue weighted by atomic mass is 32.1. The lowest BCUT2D eigenvalue weighted by Crippen LogP contribution is -2.39. The molecule has 9 heteroatoms. The first-order valence-corrected chi connectivity index (χ1v) is 10.2. The summed E-state index contributed by atoms with van der Waals surface area (Å²) in [5.74, 6) is 1.36. The van der Waals surface area contributed by atoms with Crippen molar-refractivity contribution in [3.63, 3.8) is 0 Å². The Morgan fingerprint density at radius 3 is 2.93 bits per heavy atom. The van der Waals surface area contributed by atoms with Crippen LogP contribution in [-0.2, 0) is 0 Å². The van der Waals surface area contributed by atoms with Gasteiger partial charge in [-0.15, -0.1) is 5.10 Å². The molecule has 1 aliphatic rings. The van der Waals surface area contributed by atoms with E-state index in [9.17, 15) is 0 Å². The molecule has 0 aliphatic carbocycles. The van der Waals surface area contributed by atoms with Crippen molar-refractivity contribution in [3.8, 4) is 11.3 Å². The largest absolute Gasteiger partial charge is 0.360 e. The van der Waals surface area contributed by atoms with Crippen LogP contribution in [0.2, 0.25) is 0 Å². The lowest BCUT2D eigenvalue weighted by molar-refractivity contribution is 0.428. The van der Waals surface area contributed by atoms with Crippen LogP contribution in [0.4, 0.5) is 11.1 Å². The minimum Gasteiger partial charge on any atom is -0.360 e. The van der Waals surface area contributed by atoms with Crippen LogP contribution in [-0.4, -0.2) is 49.2 Å². The molecule has 0 aromatic carbocycles. The number of rotatable bonds is 5. The van der Waals surface area contributed by atoms with E-state index in [1.54, 1.807) is 29.9 Å². The summed E-state index contributed by atoms with van der Waals surface area (Å²) in [6, 6.07) is 5.77. The fraction of sp³-hybridized carbons (Fsp3) is 0.316. The summed E-state index contributed by atoms with van der Waals surface area (Å²) >= 11 is 1.57. The van der Waals surface area contributed by atoms with Gasteiger partial charge in [0.1, 0.15) is 0 Å². The molecule has 1 atom stereocenters. The number of nitrogens with zero attached hydrogens (tertiary/aromatic N) is 7. The molecule has 0 spiro atoms.